The van der Waals surface area contributed by atoms with E-state index in [1.54, 1.807) is 12.1 Å². The fraction of sp³-hybridized carbons (Fsp3) is 0.333. The Labute approximate surface area is 164 Å². The molecule has 2 atom stereocenters. The summed E-state index contributed by atoms with van der Waals surface area (Å²) < 4.78 is 27.8. The third-order valence-electron chi connectivity index (χ3n) is 5.33. The predicted octanol–water partition coefficient (Wildman–Crippen LogP) is 2.95. The van der Waals surface area contributed by atoms with Gasteiger partial charge in [0.2, 0.25) is 11.8 Å². The summed E-state index contributed by atoms with van der Waals surface area (Å²) in [7, 11) is -4.08. The number of para-hydroxylation sites is 1. The van der Waals surface area contributed by atoms with Crippen molar-refractivity contribution >= 4 is 27.5 Å². The van der Waals surface area contributed by atoms with Crippen molar-refractivity contribution in [1.29, 1.82) is 0 Å². The number of nitrogens with one attached hydrogen (secondary N) is 2. The lowest BCUT2D eigenvalue weighted by atomic mass is 10.0. The number of carbonyl (C=O) groups excluding carboxylic acids is 2. The third kappa shape index (κ3) is 3.80. The van der Waals surface area contributed by atoms with E-state index in [4.69, 9.17) is 0 Å². The summed E-state index contributed by atoms with van der Waals surface area (Å²) in [6.07, 6.45) is 2.27. The Bertz CT molecular complexity index is 1040. The molecule has 0 aromatic heterocycles. The van der Waals surface area contributed by atoms with Crippen LogP contribution in [0.3, 0.4) is 0 Å². The molecule has 28 heavy (non-hydrogen) atoms. The van der Waals surface area contributed by atoms with Gasteiger partial charge in [-0.3, -0.25) is 9.59 Å². The Morgan fingerprint density at radius 2 is 1.64 bits per heavy atom. The molecule has 2 aromatic carbocycles. The number of hydrogen-bond donors (Lipinski definition) is 2. The summed E-state index contributed by atoms with van der Waals surface area (Å²) in [5.41, 5.74) is 2.38. The van der Waals surface area contributed by atoms with Crippen LogP contribution < -0.4 is 10.0 Å². The van der Waals surface area contributed by atoms with Crippen LogP contribution in [0.4, 0.5) is 5.69 Å². The number of sulfonamides is 1. The number of benzene rings is 2. The van der Waals surface area contributed by atoms with Crippen molar-refractivity contribution in [2.75, 3.05) is 5.32 Å². The van der Waals surface area contributed by atoms with Gasteiger partial charge in [-0.15, -0.1) is 0 Å². The summed E-state index contributed by atoms with van der Waals surface area (Å²) in [6.45, 7) is 1.98. The van der Waals surface area contributed by atoms with Crippen LogP contribution >= 0.6 is 0 Å². The first kappa shape index (κ1) is 18.7. The van der Waals surface area contributed by atoms with Gasteiger partial charge in [0.1, 0.15) is 4.90 Å². The van der Waals surface area contributed by atoms with E-state index in [1.807, 2.05) is 31.2 Å². The molecule has 0 saturated heterocycles. The van der Waals surface area contributed by atoms with Gasteiger partial charge in [-0.25, -0.2) is 13.1 Å². The molecule has 2 aliphatic rings. The highest BCUT2D eigenvalue weighted by molar-refractivity contribution is 7.90. The predicted molar refractivity (Wildman–Crippen MR) is 105 cm³/mol. The molecule has 0 spiro atoms. The van der Waals surface area contributed by atoms with Gasteiger partial charge in [-0.1, -0.05) is 36.4 Å². The first-order valence-electron chi connectivity index (χ1n) is 9.39. The monoisotopic (exact) mass is 398 g/mol. The van der Waals surface area contributed by atoms with Gasteiger partial charge in [0.25, 0.3) is 10.0 Å². The Balaban J connectivity index is 1.48. The number of rotatable bonds is 6. The molecule has 0 bridgehead atoms. The first-order chi connectivity index (χ1) is 13.4. The topological polar surface area (TPSA) is 92.3 Å². The highest BCUT2D eigenvalue weighted by atomic mass is 32.2. The van der Waals surface area contributed by atoms with E-state index >= 15 is 0 Å². The van der Waals surface area contributed by atoms with Gasteiger partial charge in [0.15, 0.2) is 0 Å². The Morgan fingerprint density at radius 1 is 0.964 bits per heavy atom. The maximum atomic E-state index is 12.8. The number of anilines is 1. The van der Waals surface area contributed by atoms with E-state index in [1.165, 1.54) is 12.1 Å². The lowest BCUT2D eigenvalue weighted by Crippen LogP contribution is -2.33. The van der Waals surface area contributed by atoms with E-state index in [-0.39, 0.29) is 34.2 Å². The van der Waals surface area contributed by atoms with Crippen LogP contribution in [0.2, 0.25) is 0 Å². The van der Waals surface area contributed by atoms with Gasteiger partial charge in [-0.2, -0.15) is 0 Å². The van der Waals surface area contributed by atoms with Gasteiger partial charge < -0.3 is 5.32 Å². The summed E-state index contributed by atoms with van der Waals surface area (Å²) in [5, 5.41) is 2.67. The minimum atomic E-state index is -4.08. The second-order valence-corrected chi connectivity index (χ2v) is 9.19. The molecule has 146 valence electrons. The van der Waals surface area contributed by atoms with Crippen molar-refractivity contribution in [3.05, 3.63) is 59.7 Å². The standard InChI is InChI=1S/C21H22N2O4S/c1-13-6-2-3-7-15(13)16-12-17(16)21(25)23-28(26,27)19-9-5-4-8-18(19)22-20(24)14-10-11-14/h2-9,14,16-17H,10-12H2,1H3,(H,22,24)(H,23,25)/t16-,17+/m0/s1. The third-order valence-corrected chi connectivity index (χ3v) is 6.74. The normalized spacial score (nSPS) is 21.0. The molecule has 0 aliphatic heterocycles. The van der Waals surface area contributed by atoms with Crippen LogP contribution in [-0.2, 0) is 19.6 Å². The zero-order valence-electron chi connectivity index (χ0n) is 15.5. The number of aryl methyl sites for hydroxylation is 1. The van der Waals surface area contributed by atoms with Crippen LogP contribution in [0.5, 0.6) is 0 Å². The molecule has 2 fully saturated rings. The fourth-order valence-electron chi connectivity index (χ4n) is 3.48. The van der Waals surface area contributed by atoms with Crippen LogP contribution in [0.1, 0.15) is 36.3 Å². The zero-order chi connectivity index (χ0) is 19.9. The molecule has 0 heterocycles. The van der Waals surface area contributed by atoms with Gasteiger partial charge in [-0.05, 0) is 55.4 Å². The van der Waals surface area contributed by atoms with E-state index in [9.17, 15) is 18.0 Å². The largest absolute Gasteiger partial charge is 0.325 e. The van der Waals surface area contributed by atoms with Crippen LogP contribution in [0.25, 0.3) is 0 Å². The molecule has 4 rings (SSSR count). The van der Waals surface area contributed by atoms with E-state index in [0.717, 1.165) is 24.0 Å². The van der Waals surface area contributed by atoms with Crippen LogP contribution in [-0.4, -0.2) is 20.2 Å². The fourth-order valence-corrected chi connectivity index (χ4v) is 4.67. The summed E-state index contributed by atoms with van der Waals surface area (Å²) in [5.74, 6) is -1.05. The van der Waals surface area contributed by atoms with Crippen molar-refractivity contribution in [2.45, 2.75) is 37.0 Å². The summed E-state index contributed by atoms with van der Waals surface area (Å²) >= 11 is 0. The maximum Gasteiger partial charge on any atom is 0.266 e. The smallest absolute Gasteiger partial charge is 0.266 e. The second-order valence-electron chi connectivity index (χ2n) is 7.53. The van der Waals surface area contributed by atoms with Gasteiger partial charge in [0, 0.05) is 11.8 Å². The molecule has 2 aliphatic carbocycles. The Morgan fingerprint density at radius 3 is 2.36 bits per heavy atom. The summed E-state index contributed by atoms with van der Waals surface area (Å²) in [6, 6.07) is 14.0. The Kier molecular flexibility index (Phi) is 4.71. The number of amides is 2. The minimum absolute atomic E-state index is 0.0428. The molecule has 2 amide bonds. The summed E-state index contributed by atoms with van der Waals surface area (Å²) in [4.78, 5) is 24.5. The van der Waals surface area contributed by atoms with E-state index < -0.39 is 15.9 Å². The van der Waals surface area contributed by atoms with Crippen molar-refractivity contribution in [1.82, 2.24) is 4.72 Å². The quantitative estimate of drug-likeness (QED) is 0.782. The highest BCUT2D eigenvalue weighted by Gasteiger charge is 2.45. The minimum Gasteiger partial charge on any atom is -0.325 e. The number of hydrogen-bond acceptors (Lipinski definition) is 4. The average Bonchev–Trinajstić information content (AvgIpc) is 3.55. The second kappa shape index (κ2) is 7.05. The number of carbonyl (C=O) groups is 2. The van der Waals surface area contributed by atoms with Gasteiger partial charge >= 0.3 is 0 Å². The molecule has 7 heteroatoms. The lowest BCUT2D eigenvalue weighted by molar-refractivity contribution is -0.120. The van der Waals surface area contributed by atoms with Crippen LogP contribution in [0, 0.1) is 18.8 Å². The van der Waals surface area contributed by atoms with Crippen LogP contribution in [0.15, 0.2) is 53.4 Å². The van der Waals surface area contributed by atoms with Crippen molar-refractivity contribution in [2.24, 2.45) is 11.8 Å². The lowest BCUT2D eigenvalue weighted by Gasteiger charge is -2.12. The van der Waals surface area contributed by atoms with Gasteiger partial charge in [0.05, 0.1) is 5.69 Å². The van der Waals surface area contributed by atoms with Crippen molar-refractivity contribution < 1.29 is 18.0 Å². The molecular weight excluding hydrogens is 376 g/mol. The van der Waals surface area contributed by atoms with Crippen molar-refractivity contribution in [3.63, 3.8) is 0 Å². The highest BCUT2D eigenvalue weighted by Crippen LogP contribution is 2.48. The van der Waals surface area contributed by atoms with E-state index in [0.29, 0.717) is 6.42 Å². The molecular formula is C21H22N2O4S. The molecule has 0 radical (unpaired) electrons. The molecule has 2 N–H and O–H groups in total. The molecule has 6 nitrogen and oxygen atoms in total. The molecule has 2 aromatic rings. The zero-order valence-corrected chi connectivity index (χ0v) is 16.3. The first-order valence-corrected chi connectivity index (χ1v) is 10.9. The van der Waals surface area contributed by atoms with E-state index in [2.05, 4.69) is 10.0 Å². The Hall–Kier alpha value is -2.67. The molecule has 2 saturated carbocycles. The van der Waals surface area contributed by atoms with Crippen molar-refractivity contribution in [3.8, 4) is 0 Å². The molecule has 0 unspecified atom stereocenters. The SMILES string of the molecule is Cc1ccccc1[C@@H]1C[C@H]1C(=O)NS(=O)(=O)c1ccccc1NC(=O)C1CC1. The average molecular weight is 398 g/mol. The maximum absolute atomic E-state index is 12.8.